The van der Waals surface area contributed by atoms with Crippen LogP contribution < -0.4 is 37.9 Å². The summed E-state index contributed by atoms with van der Waals surface area (Å²) in [6.45, 7) is 3.97. The second-order valence-electron chi connectivity index (χ2n) is 14.1. The fourth-order valence-corrected chi connectivity index (χ4v) is 6.93. The summed E-state index contributed by atoms with van der Waals surface area (Å²) in [6, 6.07) is 23.5. The minimum atomic E-state index is 0.689. The van der Waals surface area contributed by atoms with E-state index in [0.29, 0.717) is 23.0 Å². The number of ether oxygens (including phenoxy) is 8. The molecule has 0 fully saturated rings. The van der Waals surface area contributed by atoms with Gasteiger partial charge in [-0.2, -0.15) is 0 Å². The van der Waals surface area contributed by atoms with E-state index in [2.05, 4.69) is 9.97 Å². The van der Waals surface area contributed by atoms with Gasteiger partial charge in [-0.25, -0.2) is 0 Å². The Kier molecular flexibility index (Phi) is 14.7. The van der Waals surface area contributed by atoms with Crippen molar-refractivity contribution in [2.45, 2.75) is 13.8 Å². The second kappa shape index (κ2) is 20.7. The molecule has 62 heavy (non-hydrogen) atoms. The zero-order valence-corrected chi connectivity index (χ0v) is 36.9. The van der Waals surface area contributed by atoms with Gasteiger partial charge in [0.1, 0.15) is 46.0 Å². The first kappa shape index (κ1) is 44.1. The van der Waals surface area contributed by atoms with Crippen LogP contribution in [0.4, 0.5) is 0 Å². The lowest BCUT2D eigenvalue weighted by molar-refractivity contribution is 0.399. The summed E-state index contributed by atoms with van der Waals surface area (Å²) >= 11 is 0. The molecular formula is C52H52N2O8. The Morgan fingerprint density at radius 3 is 0.823 bits per heavy atom. The van der Waals surface area contributed by atoms with E-state index in [9.17, 15) is 0 Å². The van der Waals surface area contributed by atoms with Gasteiger partial charge in [0.25, 0.3) is 0 Å². The monoisotopic (exact) mass is 832 g/mol. The zero-order chi connectivity index (χ0) is 44.2. The molecule has 0 bridgehead atoms. The maximum absolute atomic E-state index is 5.82. The standard InChI is InChI=1S/C52H52N2O8/c1-33-23-47(57-5)39(27-45(33)55-3)15-17-41-31-49(59-7)37(29-51(41)61-9)13-11-35-19-21-53-43(25-35)44-26-36(20-22-54-44)12-14-38-30-52(62-10)42(32-50(38)60-8)18-16-40-28-46(56-4)34(2)24-48(40)58-6/h11-32H,1-10H3/b13-11+,14-12+,17-15+,18-16+. The van der Waals surface area contributed by atoms with Gasteiger partial charge in [0.15, 0.2) is 0 Å². The fourth-order valence-electron chi connectivity index (χ4n) is 6.93. The SMILES string of the molecule is COc1cc(/C=C/c2cc(OC)c(/C=C/c3ccnc(-c4cc(/C=C/c5cc(OC)c(/C=C/c6cc(OC)c(C)cc6OC)cc5OC)ccn4)c3)cc2OC)c(OC)cc1C. The normalized spacial score (nSPS) is 11.5. The first-order valence-corrected chi connectivity index (χ1v) is 19.8. The summed E-state index contributed by atoms with van der Waals surface area (Å²) in [5.41, 5.74) is 10.5. The van der Waals surface area contributed by atoms with E-state index in [1.165, 1.54) is 0 Å². The average molecular weight is 833 g/mol. The molecule has 10 nitrogen and oxygen atoms in total. The topological polar surface area (TPSA) is 99.6 Å². The summed E-state index contributed by atoms with van der Waals surface area (Å²) in [7, 11) is 13.2. The van der Waals surface area contributed by atoms with Crippen molar-refractivity contribution in [1.82, 2.24) is 9.97 Å². The number of pyridine rings is 2. The highest BCUT2D eigenvalue weighted by Gasteiger charge is 2.13. The highest BCUT2D eigenvalue weighted by molar-refractivity contribution is 5.82. The summed E-state index contributed by atoms with van der Waals surface area (Å²) < 4.78 is 45.6. The molecule has 2 heterocycles. The molecule has 0 saturated heterocycles. The highest BCUT2D eigenvalue weighted by Crippen LogP contribution is 2.36. The fraction of sp³-hybridized carbons (Fsp3) is 0.192. The molecule has 0 aliphatic heterocycles. The van der Waals surface area contributed by atoms with Gasteiger partial charge in [-0.15, -0.1) is 0 Å². The number of hydrogen-bond acceptors (Lipinski definition) is 10. The number of benzene rings is 4. The largest absolute Gasteiger partial charge is 0.496 e. The van der Waals surface area contributed by atoms with E-state index in [0.717, 1.165) is 90.0 Å². The molecule has 0 unspecified atom stereocenters. The molecule has 10 heteroatoms. The second-order valence-corrected chi connectivity index (χ2v) is 14.1. The number of rotatable bonds is 17. The van der Waals surface area contributed by atoms with Crippen molar-refractivity contribution >= 4 is 48.6 Å². The summed E-state index contributed by atoms with van der Waals surface area (Å²) in [5.74, 6) is 5.81. The number of aryl methyl sites for hydroxylation is 2. The van der Waals surface area contributed by atoms with Gasteiger partial charge in [0.05, 0.1) is 68.3 Å². The van der Waals surface area contributed by atoms with Crippen molar-refractivity contribution in [3.63, 3.8) is 0 Å². The van der Waals surface area contributed by atoms with Crippen LogP contribution in [0.15, 0.2) is 85.2 Å². The molecule has 0 radical (unpaired) electrons. The Labute approximate surface area is 364 Å². The predicted octanol–water partition coefficient (Wildman–Crippen LogP) is 11.5. The Hall–Kier alpha value is -7.46. The number of nitrogens with zero attached hydrogens (tertiary/aromatic N) is 2. The minimum Gasteiger partial charge on any atom is -0.496 e. The molecule has 0 saturated carbocycles. The summed E-state index contributed by atoms with van der Waals surface area (Å²) in [5, 5.41) is 0. The molecule has 0 spiro atoms. The quantitative estimate of drug-likeness (QED) is 0.0826. The first-order valence-electron chi connectivity index (χ1n) is 19.8. The van der Waals surface area contributed by atoms with Crippen LogP contribution in [0.2, 0.25) is 0 Å². The van der Waals surface area contributed by atoms with Crippen LogP contribution in [0, 0.1) is 13.8 Å². The minimum absolute atomic E-state index is 0.689. The van der Waals surface area contributed by atoms with E-state index in [1.807, 2.05) is 135 Å². The Morgan fingerprint density at radius 2 is 0.548 bits per heavy atom. The van der Waals surface area contributed by atoms with Crippen molar-refractivity contribution in [2.24, 2.45) is 0 Å². The van der Waals surface area contributed by atoms with Crippen LogP contribution in [-0.2, 0) is 0 Å². The van der Waals surface area contributed by atoms with Crippen LogP contribution in [-0.4, -0.2) is 66.8 Å². The summed E-state index contributed by atoms with van der Waals surface area (Å²) in [6.07, 6.45) is 19.4. The lowest BCUT2D eigenvalue weighted by Gasteiger charge is -2.13. The van der Waals surface area contributed by atoms with Crippen molar-refractivity contribution in [1.29, 1.82) is 0 Å². The smallest absolute Gasteiger partial charge is 0.126 e. The van der Waals surface area contributed by atoms with Gasteiger partial charge in [-0.1, -0.05) is 48.6 Å². The van der Waals surface area contributed by atoms with Crippen molar-refractivity contribution in [3.8, 4) is 57.4 Å². The molecule has 6 aromatic rings. The van der Waals surface area contributed by atoms with Crippen molar-refractivity contribution in [3.05, 3.63) is 141 Å². The van der Waals surface area contributed by atoms with E-state index >= 15 is 0 Å². The molecule has 318 valence electrons. The van der Waals surface area contributed by atoms with E-state index in [4.69, 9.17) is 37.9 Å². The lowest BCUT2D eigenvalue weighted by atomic mass is 10.0. The maximum atomic E-state index is 5.82. The Balaban J connectivity index is 1.22. The van der Waals surface area contributed by atoms with Crippen LogP contribution in [0.3, 0.4) is 0 Å². The number of aromatic nitrogens is 2. The molecule has 0 aliphatic carbocycles. The number of hydrogen-bond donors (Lipinski definition) is 0. The van der Waals surface area contributed by atoms with Crippen molar-refractivity contribution < 1.29 is 37.9 Å². The molecule has 2 aromatic heterocycles. The van der Waals surface area contributed by atoms with Gasteiger partial charge in [0, 0.05) is 45.8 Å². The predicted molar refractivity (Wildman–Crippen MR) is 251 cm³/mol. The Bertz CT molecular complexity index is 2480. The lowest BCUT2D eigenvalue weighted by Crippen LogP contribution is -1.94. The third-order valence-corrected chi connectivity index (χ3v) is 10.3. The van der Waals surface area contributed by atoms with E-state index in [1.54, 1.807) is 69.3 Å². The van der Waals surface area contributed by atoms with E-state index < -0.39 is 0 Å². The molecule has 0 N–H and O–H groups in total. The van der Waals surface area contributed by atoms with Crippen molar-refractivity contribution in [2.75, 3.05) is 56.9 Å². The van der Waals surface area contributed by atoms with Gasteiger partial charge in [0.2, 0.25) is 0 Å². The zero-order valence-electron chi connectivity index (χ0n) is 36.9. The highest BCUT2D eigenvalue weighted by atomic mass is 16.5. The van der Waals surface area contributed by atoms with Crippen LogP contribution in [0.1, 0.15) is 55.6 Å². The first-order chi connectivity index (χ1) is 30.1. The third kappa shape index (κ3) is 10.3. The molecule has 4 aromatic carbocycles. The summed E-state index contributed by atoms with van der Waals surface area (Å²) in [4.78, 5) is 9.29. The molecule has 0 atom stereocenters. The number of methoxy groups -OCH3 is 8. The molecular weight excluding hydrogens is 781 g/mol. The third-order valence-electron chi connectivity index (χ3n) is 10.3. The molecule has 0 aliphatic rings. The van der Waals surface area contributed by atoms with Crippen LogP contribution >= 0.6 is 0 Å². The maximum Gasteiger partial charge on any atom is 0.126 e. The Morgan fingerprint density at radius 1 is 0.306 bits per heavy atom. The van der Waals surface area contributed by atoms with Crippen LogP contribution in [0.5, 0.6) is 46.0 Å². The van der Waals surface area contributed by atoms with Gasteiger partial charge in [-0.05, 0) is 109 Å². The van der Waals surface area contributed by atoms with Gasteiger partial charge in [-0.3, -0.25) is 9.97 Å². The average Bonchev–Trinajstić information content (AvgIpc) is 3.31. The van der Waals surface area contributed by atoms with E-state index in [-0.39, 0.29) is 0 Å². The van der Waals surface area contributed by atoms with Crippen LogP contribution in [0.25, 0.3) is 60.0 Å². The molecule has 6 rings (SSSR count). The van der Waals surface area contributed by atoms with Gasteiger partial charge < -0.3 is 37.9 Å². The van der Waals surface area contributed by atoms with Gasteiger partial charge >= 0.3 is 0 Å². The molecule has 0 amide bonds.